The van der Waals surface area contributed by atoms with Gasteiger partial charge in [0.1, 0.15) is 0 Å². The molecule has 2 N–H and O–H groups in total. The molecule has 15 heavy (non-hydrogen) atoms. The number of fused-ring (bicyclic) bond motifs is 1. The lowest BCUT2D eigenvalue weighted by Gasteiger charge is -2.35. The Morgan fingerprint density at radius 1 is 1.53 bits per heavy atom. The van der Waals surface area contributed by atoms with Gasteiger partial charge in [-0.3, -0.25) is 5.32 Å². The predicted molar refractivity (Wildman–Crippen MR) is 54.6 cm³/mol. The summed E-state index contributed by atoms with van der Waals surface area (Å²) in [7, 11) is 0. The van der Waals surface area contributed by atoms with Crippen LogP contribution in [0.2, 0.25) is 0 Å². The number of nitrogens with one attached hydrogen (secondary N) is 1. The largest absolute Gasteiger partial charge is 0.507 e. The van der Waals surface area contributed by atoms with E-state index in [2.05, 4.69) is 5.32 Å². The van der Waals surface area contributed by atoms with Crippen molar-refractivity contribution in [2.24, 2.45) is 0 Å². The molecule has 80 valence electrons. The molecule has 4 heteroatoms. The van der Waals surface area contributed by atoms with Crippen LogP contribution in [0.3, 0.4) is 0 Å². The van der Waals surface area contributed by atoms with Gasteiger partial charge in [-0.15, -0.1) is 0 Å². The van der Waals surface area contributed by atoms with E-state index in [-0.39, 0.29) is 0 Å². The van der Waals surface area contributed by atoms with Gasteiger partial charge in [-0.1, -0.05) is 24.3 Å². The standard InChI is InChI=1S/C11H13NO3/c1-11(15-10(13)14)9-5-3-2-4-8(9)6-7-12-11/h2-5,12H,6-7H2,1H3,(H,13,14). The molecule has 1 heterocycles. The summed E-state index contributed by atoms with van der Waals surface area (Å²) in [6.45, 7) is 2.46. The number of ether oxygens (including phenoxy) is 1. The van der Waals surface area contributed by atoms with E-state index in [1.54, 1.807) is 6.92 Å². The molecule has 0 saturated heterocycles. The van der Waals surface area contributed by atoms with Crippen LogP contribution in [0.1, 0.15) is 18.1 Å². The molecule has 0 saturated carbocycles. The first-order valence-electron chi connectivity index (χ1n) is 4.87. The van der Waals surface area contributed by atoms with Crippen molar-refractivity contribution in [3.8, 4) is 0 Å². The second-order valence-electron chi connectivity index (χ2n) is 3.74. The fourth-order valence-electron chi connectivity index (χ4n) is 2.00. The summed E-state index contributed by atoms with van der Waals surface area (Å²) >= 11 is 0. The van der Waals surface area contributed by atoms with Crippen molar-refractivity contribution in [1.29, 1.82) is 0 Å². The third-order valence-corrected chi connectivity index (χ3v) is 2.68. The Morgan fingerprint density at radius 3 is 3.00 bits per heavy atom. The van der Waals surface area contributed by atoms with Gasteiger partial charge in [0.2, 0.25) is 0 Å². The molecule has 1 atom stereocenters. The summed E-state index contributed by atoms with van der Waals surface area (Å²) in [5.74, 6) is 0. The third kappa shape index (κ3) is 1.80. The number of benzene rings is 1. The monoisotopic (exact) mass is 207 g/mol. The first-order valence-corrected chi connectivity index (χ1v) is 4.87. The van der Waals surface area contributed by atoms with Gasteiger partial charge < -0.3 is 9.84 Å². The Kier molecular flexibility index (Phi) is 2.36. The van der Waals surface area contributed by atoms with Crippen LogP contribution in [0, 0.1) is 0 Å². The smallest absolute Gasteiger partial charge is 0.450 e. The third-order valence-electron chi connectivity index (χ3n) is 2.68. The van der Waals surface area contributed by atoms with E-state index >= 15 is 0 Å². The van der Waals surface area contributed by atoms with E-state index in [1.165, 1.54) is 0 Å². The molecule has 1 aromatic carbocycles. The first kappa shape index (κ1) is 9.98. The summed E-state index contributed by atoms with van der Waals surface area (Å²) < 4.78 is 4.91. The number of carbonyl (C=O) groups is 1. The van der Waals surface area contributed by atoms with Gasteiger partial charge >= 0.3 is 6.16 Å². The van der Waals surface area contributed by atoms with Gasteiger partial charge in [-0.2, -0.15) is 0 Å². The topological polar surface area (TPSA) is 58.6 Å². The molecule has 0 fully saturated rings. The van der Waals surface area contributed by atoms with Crippen LogP contribution in [0.4, 0.5) is 4.79 Å². The zero-order valence-corrected chi connectivity index (χ0v) is 8.49. The second-order valence-corrected chi connectivity index (χ2v) is 3.74. The van der Waals surface area contributed by atoms with Crippen molar-refractivity contribution in [3.05, 3.63) is 35.4 Å². The molecular formula is C11H13NO3. The normalized spacial score (nSPS) is 24.3. The average Bonchev–Trinajstić information content (AvgIpc) is 2.17. The fourth-order valence-corrected chi connectivity index (χ4v) is 2.00. The van der Waals surface area contributed by atoms with Crippen LogP contribution in [-0.4, -0.2) is 17.8 Å². The Morgan fingerprint density at radius 2 is 2.27 bits per heavy atom. The van der Waals surface area contributed by atoms with Gasteiger partial charge in [0.05, 0.1) is 0 Å². The van der Waals surface area contributed by atoms with Crippen LogP contribution in [-0.2, 0) is 16.9 Å². The first-order chi connectivity index (χ1) is 7.12. The minimum absolute atomic E-state index is 0.723. The molecule has 0 amide bonds. The lowest BCUT2D eigenvalue weighted by Crippen LogP contribution is -2.48. The highest BCUT2D eigenvalue weighted by molar-refractivity contribution is 5.58. The van der Waals surface area contributed by atoms with E-state index in [0.29, 0.717) is 0 Å². The van der Waals surface area contributed by atoms with Gasteiger partial charge in [0.25, 0.3) is 0 Å². The Hall–Kier alpha value is -1.55. The van der Waals surface area contributed by atoms with Crippen LogP contribution in [0.15, 0.2) is 24.3 Å². The highest BCUT2D eigenvalue weighted by atomic mass is 16.7. The van der Waals surface area contributed by atoms with Gasteiger partial charge in [0.15, 0.2) is 5.72 Å². The maximum absolute atomic E-state index is 10.6. The zero-order chi connectivity index (χ0) is 10.9. The van der Waals surface area contributed by atoms with E-state index in [1.807, 2.05) is 24.3 Å². The quantitative estimate of drug-likeness (QED) is 0.688. The maximum atomic E-state index is 10.6. The summed E-state index contributed by atoms with van der Waals surface area (Å²) in [6, 6.07) is 7.73. The molecule has 1 unspecified atom stereocenters. The number of rotatable bonds is 1. The fraction of sp³-hybridized carbons (Fsp3) is 0.364. The molecule has 0 bridgehead atoms. The molecule has 1 aliphatic heterocycles. The molecule has 2 rings (SSSR count). The van der Waals surface area contributed by atoms with Crippen molar-refractivity contribution < 1.29 is 14.6 Å². The Bertz CT molecular complexity index is 391. The van der Waals surface area contributed by atoms with Crippen molar-refractivity contribution in [2.45, 2.75) is 19.1 Å². The zero-order valence-electron chi connectivity index (χ0n) is 8.49. The minimum atomic E-state index is -1.26. The number of carboxylic acid groups (broad SMARTS) is 1. The maximum Gasteiger partial charge on any atom is 0.507 e. The summed E-state index contributed by atoms with van der Waals surface area (Å²) in [5, 5.41) is 11.8. The highest BCUT2D eigenvalue weighted by Crippen LogP contribution is 2.29. The van der Waals surface area contributed by atoms with Crippen molar-refractivity contribution >= 4 is 6.16 Å². The molecule has 1 aromatic rings. The highest BCUT2D eigenvalue weighted by Gasteiger charge is 2.35. The van der Waals surface area contributed by atoms with Gasteiger partial charge in [0, 0.05) is 12.1 Å². The van der Waals surface area contributed by atoms with E-state index in [0.717, 1.165) is 24.1 Å². The van der Waals surface area contributed by atoms with Gasteiger partial charge in [-0.05, 0) is 18.9 Å². The van der Waals surface area contributed by atoms with Gasteiger partial charge in [-0.25, -0.2) is 4.79 Å². The minimum Gasteiger partial charge on any atom is -0.450 e. The second kappa shape index (κ2) is 3.55. The Balaban J connectivity index is 2.40. The average molecular weight is 207 g/mol. The molecule has 0 aromatic heterocycles. The summed E-state index contributed by atoms with van der Waals surface area (Å²) in [6.07, 6.45) is -0.365. The number of hydrogen-bond acceptors (Lipinski definition) is 3. The SMILES string of the molecule is CC1(OC(=O)O)NCCc2ccccc21. The lowest BCUT2D eigenvalue weighted by molar-refractivity contribution is -0.0372. The van der Waals surface area contributed by atoms with Crippen LogP contribution >= 0.6 is 0 Å². The van der Waals surface area contributed by atoms with Crippen LogP contribution in [0.5, 0.6) is 0 Å². The molecule has 4 nitrogen and oxygen atoms in total. The molecular weight excluding hydrogens is 194 g/mol. The van der Waals surface area contributed by atoms with E-state index in [9.17, 15) is 4.79 Å². The summed E-state index contributed by atoms with van der Waals surface area (Å²) in [5.41, 5.74) is 1.12. The number of hydrogen-bond donors (Lipinski definition) is 2. The van der Waals surface area contributed by atoms with E-state index < -0.39 is 11.9 Å². The lowest BCUT2D eigenvalue weighted by atomic mass is 9.92. The van der Waals surface area contributed by atoms with Crippen molar-refractivity contribution in [1.82, 2.24) is 5.32 Å². The molecule has 0 aliphatic carbocycles. The predicted octanol–water partition coefficient (Wildman–Crippen LogP) is 1.70. The molecule has 0 radical (unpaired) electrons. The van der Waals surface area contributed by atoms with Crippen LogP contribution < -0.4 is 5.32 Å². The Labute approximate surface area is 87.9 Å². The van der Waals surface area contributed by atoms with Crippen molar-refractivity contribution in [2.75, 3.05) is 6.54 Å². The molecule has 1 aliphatic rings. The van der Waals surface area contributed by atoms with Crippen LogP contribution in [0.25, 0.3) is 0 Å². The molecule has 0 spiro atoms. The summed E-state index contributed by atoms with van der Waals surface area (Å²) in [4.78, 5) is 10.6. The van der Waals surface area contributed by atoms with Crippen molar-refractivity contribution in [3.63, 3.8) is 0 Å². The van der Waals surface area contributed by atoms with E-state index in [4.69, 9.17) is 9.84 Å².